The van der Waals surface area contributed by atoms with Crippen LogP contribution in [0.2, 0.25) is 0 Å². The van der Waals surface area contributed by atoms with Gasteiger partial charge in [-0.25, -0.2) is 0 Å². The number of likely N-dealkylation sites (tertiary alicyclic amines) is 1. The lowest BCUT2D eigenvalue weighted by molar-refractivity contribution is -0.128. The van der Waals surface area contributed by atoms with Crippen molar-refractivity contribution in [1.29, 1.82) is 0 Å². The van der Waals surface area contributed by atoms with Crippen LogP contribution in [0.15, 0.2) is 35.9 Å². The van der Waals surface area contributed by atoms with Crippen LogP contribution in [0, 0.1) is 0 Å². The van der Waals surface area contributed by atoms with Crippen LogP contribution < -0.4 is 5.32 Å². The van der Waals surface area contributed by atoms with Crippen LogP contribution in [0.25, 0.3) is 0 Å². The molecule has 1 aromatic carbocycles. The number of hydrogen-bond acceptors (Lipinski definition) is 3. The molecule has 122 valence electrons. The van der Waals surface area contributed by atoms with E-state index in [4.69, 9.17) is 0 Å². The number of carbonyl (C=O) groups is 3. The monoisotopic (exact) mass is 314 g/mol. The van der Waals surface area contributed by atoms with Gasteiger partial charge in [-0.05, 0) is 57.4 Å². The minimum Gasteiger partial charge on any atom is -0.339 e. The van der Waals surface area contributed by atoms with Crippen molar-refractivity contribution in [3.8, 4) is 0 Å². The third kappa shape index (κ3) is 4.77. The third-order valence-corrected chi connectivity index (χ3v) is 3.89. The van der Waals surface area contributed by atoms with Crippen molar-refractivity contribution in [2.45, 2.75) is 33.1 Å². The van der Waals surface area contributed by atoms with Crippen LogP contribution in [0.4, 0.5) is 5.69 Å². The maximum atomic E-state index is 12.2. The Morgan fingerprint density at radius 2 is 1.61 bits per heavy atom. The molecule has 1 heterocycles. The fourth-order valence-corrected chi connectivity index (χ4v) is 2.57. The average molecular weight is 314 g/mol. The molecule has 1 saturated heterocycles. The fraction of sp³-hybridized carbons (Fsp3) is 0.389. The number of carbonyl (C=O) groups excluding carboxylic acids is 3. The van der Waals surface area contributed by atoms with Crippen molar-refractivity contribution >= 4 is 23.3 Å². The Bertz CT molecular complexity index is 626. The molecule has 0 aromatic heterocycles. The van der Waals surface area contributed by atoms with Gasteiger partial charge in [-0.3, -0.25) is 14.4 Å². The molecule has 0 aliphatic carbocycles. The smallest absolute Gasteiger partial charge is 0.249 e. The molecule has 1 aliphatic heterocycles. The van der Waals surface area contributed by atoms with E-state index in [-0.39, 0.29) is 17.6 Å². The molecule has 23 heavy (non-hydrogen) atoms. The first kappa shape index (κ1) is 16.9. The van der Waals surface area contributed by atoms with Crippen molar-refractivity contribution in [2.24, 2.45) is 0 Å². The van der Waals surface area contributed by atoms with Crippen molar-refractivity contribution in [1.82, 2.24) is 4.90 Å². The van der Waals surface area contributed by atoms with E-state index in [9.17, 15) is 14.4 Å². The van der Waals surface area contributed by atoms with Crippen LogP contribution in [-0.2, 0) is 9.59 Å². The SMILES string of the molecule is CC(=O)c1ccc(NC(=O)/C=C(\C)C(=O)N2CCCCC2)cc1. The number of amides is 2. The lowest BCUT2D eigenvalue weighted by Crippen LogP contribution is -2.36. The lowest BCUT2D eigenvalue weighted by atomic mass is 10.1. The molecule has 1 N–H and O–H groups in total. The van der Waals surface area contributed by atoms with Crippen molar-refractivity contribution in [3.05, 3.63) is 41.5 Å². The minimum atomic E-state index is -0.344. The molecule has 0 radical (unpaired) electrons. The maximum absolute atomic E-state index is 12.2. The normalized spacial score (nSPS) is 15.2. The highest BCUT2D eigenvalue weighted by Crippen LogP contribution is 2.13. The van der Waals surface area contributed by atoms with E-state index >= 15 is 0 Å². The molecule has 0 bridgehead atoms. The van der Waals surface area contributed by atoms with E-state index in [1.165, 1.54) is 13.0 Å². The van der Waals surface area contributed by atoms with Crippen LogP contribution >= 0.6 is 0 Å². The van der Waals surface area contributed by atoms with Gasteiger partial charge < -0.3 is 10.2 Å². The predicted molar refractivity (Wildman–Crippen MR) is 89.3 cm³/mol. The number of piperidine rings is 1. The van der Waals surface area contributed by atoms with Gasteiger partial charge in [-0.2, -0.15) is 0 Å². The summed E-state index contributed by atoms with van der Waals surface area (Å²) in [6.07, 6.45) is 4.53. The largest absolute Gasteiger partial charge is 0.339 e. The van der Waals surface area contributed by atoms with Gasteiger partial charge in [0.2, 0.25) is 11.8 Å². The average Bonchev–Trinajstić information content (AvgIpc) is 2.55. The van der Waals surface area contributed by atoms with Crippen LogP contribution in [-0.4, -0.2) is 35.6 Å². The van der Waals surface area contributed by atoms with Gasteiger partial charge in [-0.1, -0.05) is 0 Å². The first-order valence-corrected chi connectivity index (χ1v) is 7.87. The van der Waals surface area contributed by atoms with Crippen molar-refractivity contribution in [2.75, 3.05) is 18.4 Å². The fourth-order valence-electron chi connectivity index (χ4n) is 2.57. The second-order valence-electron chi connectivity index (χ2n) is 5.80. The molecule has 2 amide bonds. The summed E-state index contributed by atoms with van der Waals surface area (Å²) >= 11 is 0. The Morgan fingerprint density at radius 3 is 2.17 bits per heavy atom. The zero-order chi connectivity index (χ0) is 16.8. The zero-order valence-electron chi connectivity index (χ0n) is 13.6. The first-order chi connectivity index (χ1) is 11.0. The highest BCUT2D eigenvalue weighted by Gasteiger charge is 2.18. The number of anilines is 1. The van der Waals surface area contributed by atoms with Gasteiger partial charge in [0.15, 0.2) is 5.78 Å². The number of rotatable bonds is 4. The highest BCUT2D eigenvalue weighted by atomic mass is 16.2. The van der Waals surface area contributed by atoms with Crippen molar-refractivity contribution in [3.63, 3.8) is 0 Å². The zero-order valence-corrected chi connectivity index (χ0v) is 13.6. The van der Waals surface area contributed by atoms with Crippen molar-refractivity contribution < 1.29 is 14.4 Å². The van der Waals surface area contributed by atoms with Crippen LogP contribution in [0.5, 0.6) is 0 Å². The second kappa shape index (κ2) is 7.72. The Morgan fingerprint density at radius 1 is 1.00 bits per heavy atom. The molecular formula is C18H22N2O3. The highest BCUT2D eigenvalue weighted by molar-refractivity contribution is 6.06. The summed E-state index contributed by atoms with van der Waals surface area (Å²) in [5.41, 5.74) is 1.62. The van der Waals surface area contributed by atoms with Gasteiger partial charge in [-0.15, -0.1) is 0 Å². The van der Waals surface area contributed by atoms with Gasteiger partial charge in [0.05, 0.1) is 0 Å². The summed E-state index contributed by atoms with van der Waals surface area (Å²) in [5, 5.41) is 2.70. The number of Topliss-reactive ketones (excluding diaryl/α,β-unsaturated/α-hetero) is 1. The molecule has 2 rings (SSSR count). The number of hydrogen-bond donors (Lipinski definition) is 1. The summed E-state index contributed by atoms with van der Waals surface area (Å²) in [6.45, 7) is 4.68. The molecule has 0 unspecified atom stereocenters. The quantitative estimate of drug-likeness (QED) is 0.686. The Hall–Kier alpha value is -2.43. The number of benzene rings is 1. The van der Waals surface area contributed by atoms with E-state index in [1.54, 1.807) is 36.1 Å². The van der Waals surface area contributed by atoms with E-state index < -0.39 is 0 Å². The first-order valence-electron chi connectivity index (χ1n) is 7.87. The van der Waals surface area contributed by atoms with Gasteiger partial charge in [0.1, 0.15) is 0 Å². The van der Waals surface area contributed by atoms with E-state index in [1.807, 2.05) is 0 Å². The lowest BCUT2D eigenvalue weighted by Gasteiger charge is -2.26. The Balaban J connectivity index is 1.96. The molecule has 0 atom stereocenters. The summed E-state index contributed by atoms with van der Waals surface area (Å²) in [5.74, 6) is -0.444. The minimum absolute atomic E-state index is 0.0225. The van der Waals surface area contributed by atoms with Crippen LogP contribution in [0.1, 0.15) is 43.5 Å². The number of nitrogens with one attached hydrogen (secondary N) is 1. The third-order valence-electron chi connectivity index (χ3n) is 3.89. The van der Waals surface area contributed by atoms with E-state index in [2.05, 4.69) is 5.32 Å². The predicted octanol–water partition coefficient (Wildman–Crippen LogP) is 2.79. The summed E-state index contributed by atoms with van der Waals surface area (Å²) in [7, 11) is 0. The molecular weight excluding hydrogens is 292 g/mol. The summed E-state index contributed by atoms with van der Waals surface area (Å²) in [6, 6.07) is 6.66. The topological polar surface area (TPSA) is 66.5 Å². The summed E-state index contributed by atoms with van der Waals surface area (Å²) < 4.78 is 0. The molecule has 1 fully saturated rings. The summed E-state index contributed by atoms with van der Waals surface area (Å²) in [4.78, 5) is 37.3. The van der Waals surface area contributed by atoms with Gasteiger partial charge in [0.25, 0.3) is 0 Å². The number of ketones is 1. The second-order valence-corrected chi connectivity index (χ2v) is 5.80. The van der Waals surface area contributed by atoms with E-state index in [0.717, 1.165) is 32.4 Å². The molecule has 5 nitrogen and oxygen atoms in total. The maximum Gasteiger partial charge on any atom is 0.249 e. The molecule has 5 heteroatoms. The molecule has 1 aliphatic rings. The van der Waals surface area contributed by atoms with E-state index in [0.29, 0.717) is 16.8 Å². The Labute approximate surface area is 136 Å². The Kier molecular flexibility index (Phi) is 5.68. The molecule has 0 spiro atoms. The van der Waals surface area contributed by atoms with Gasteiger partial charge in [0, 0.05) is 36.0 Å². The molecule has 0 saturated carbocycles. The standard InChI is InChI=1S/C18H22N2O3/c1-13(18(23)20-10-4-3-5-11-20)12-17(22)19-16-8-6-15(7-9-16)14(2)21/h6-9,12H,3-5,10-11H2,1-2H3,(H,19,22)/b13-12+. The number of nitrogens with zero attached hydrogens (tertiary/aromatic N) is 1. The molecule has 1 aromatic rings. The van der Waals surface area contributed by atoms with Gasteiger partial charge >= 0.3 is 0 Å². The van der Waals surface area contributed by atoms with Crippen LogP contribution in [0.3, 0.4) is 0 Å².